The van der Waals surface area contributed by atoms with Gasteiger partial charge >= 0.3 is 5.63 Å². The molecule has 0 saturated carbocycles. The highest BCUT2D eigenvalue weighted by molar-refractivity contribution is 5.82. The molecule has 0 N–H and O–H groups in total. The van der Waals surface area contributed by atoms with Crippen LogP contribution in [0.3, 0.4) is 0 Å². The lowest BCUT2D eigenvalue weighted by Crippen LogP contribution is -2.48. The molecule has 7 heteroatoms. The number of nitrogens with zero attached hydrogens (tertiary/aromatic N) is 3. The summed E-state index contributed by atoms with van der Waals surface area (Å²) < 4.78 is 10.7. The van der Waals surface area contributed by atoms with E-state index in [1.807, 2.05) is 42.2 Å². The molecule has 162 valence electrons. The molecule has 0 unspecified atom stereocenters. The fourth-order valence-electron chi connectivity index (χ4n) is 4.06. The molecule has 7 nitrogen and oxygen atoms in total. The number of aryl methyl sites for hydroxylation is 1. The second-order valence-corrected chi connectivity index (χ2v) is 7.83. The van der Waals surface area contributed by atoms with Crippen LogP contribution < -0.4 is 10.4 Å². The third-order valence-electron chi connectivity index (χ3n) is 5.92. The summed E-state index contributed by atoms with van der Waals surface area (Å²) in [5.41, 5.74) is 2.59. The van der Waals surface area contributed by atoms with Crippen molar-refractivity contribution in [3.63, 3.8) is 0 Å². The molecule has 0 atom stereocenters. The first kappa shape index (κ1) is 21.1. The van der Waals surface area contributed by atoms with Gasteiger partial charge in [-0.2, -0.15) is 0 Å². The molecule has 1 saturated heterocycles. The van der Waals surface area contributed by atoms with Gasteiger partial charge in [-0.15, -0.1) is 0 Å². The van der Waals surface area contributed by atoms with Crippen LogP contribution >= 0.6 is 0 Å². The van der Waals surface area contributed by atoms with Gasteiger partial charge in [-0.25, -0.2) is 4.79 Å². The number of carbonyl (C=O) groups is 1. The zero-order valence-corrected chi connectivity index (χ0v) is 18.0. The summed E-state index contributed by atoms with van der Waals surface area (Å²) in [5.74, 6) is 0.714. The number of carbonyl (C=O) groups excluding carboxylic acids is 1. The van der Waals surface area contributed by atoms with E-state index in [4.69, 9.17) is 9.15 Å². The van der Waals surface area contributed by atoms with Crippen LogP contribution in [0.1, 0.15) is 23.2 Å². The van der Waals surface area contributed by atoms with Crippen LogP contribution in [-0.4, -0.2) is 54.0 Å². The third kappa shape index (κ3) is 4.77. The number of hydrogen-bond acceptors (Lipinski definition) is 6. The van der Waals surface area contributed by atoms with Crippen molar-refractivity contribution >= 4 is 16.9 Å². The molecule has 1 aliphatic heterocycles. The molecule has 0 bridgehead atoms. The topological polar surface area (TPSA) is 75.9 Å². The van der Waals surface area contributed by atoms with E-state index in [9.17, 15) is 9.59 Å². The third-order valence-corrected chi connectivity index (χ3v) is 5.92. The van der Waals surface area contributed by atoms with Gasteiger partial charge in [0.05, 0.1) is 12.8 Å². The highest BCUT2D eigenvalue weighted by atomic mass is 16.5. The number of methoxy groups -OCH3 is 1. The van der Waals surface area contributed by atoms with Crippen molar-refractivity contribution in [1.29, 1.82) is 0 Å². The summed E-state index contributed by atoms with van der Waals surface area (Å²) in [6.07, 6.45) is 2.48. The summed E-state index contributed by atoms with van der Waals surface area (Å²) in [6.45, 7) is 5.73. The van der Waals surface area contributed by atoms with Crippen LogP contribution in [0.4, 0.5) is 0 Å². The molecule has 2 aromatic heterocycles. The van der Waals surface area contributed by atoms with Crippen LogP contribution in [0.2, 0.25) is 0 Å². The maximum Gasteiger partial charge on any atom is 0.339 e. The number of hydrogen-bond donors (Lipinski definition) is 0. The minimum Gasteiger partial charge on any atom is -0.497 e. The number of fused-ring (bicyclic) bond motifs is 1. The monoisotopic (exact) mass is 421 g/mol. The van der Waals surface area contributed by atoms with Crippen LogP contribution in [0.25, 0.3) is 11.0 Å². The highest BCUT2D eigenvalue weighted by Gasteiger charge is 2.22. The van der Waals surface area contributed by atoms with Crippen molar-refractivity contribution in [3.05, 3.63) is 69.8 Å². The second-order valence-electron chi connectivity index (χ2n) is 7.83. The van der Waals surface area contributed by atoms with E-state index in [1.54, 1.807) is 19.4 Å². The molecular formula is C24H27N3O4. The molecule has 0 radical (unpaired) electrons. The van der Waals surface area contributed by atoms with Crippen molar-refractivity contribution in [1.82, 2.24) is 14.8 Å². The largest absolute Gasteiger partial charge is 0.497 e. The Bertz CT molecular complexity index is 1120. The normalized spacial score (nSPS) is 14.7. The predicted octanol–water partition coefficient (Wildman–Crippen LogP) is 2.78. The number of rotatable bonds is 6. The predicted molar refractivity (Wildman–Crippen MR) is 118 cm³/mol. The zero-order valence-electron chi connectivity index (χ0n) is 18.0. The maximum atomic E-state index is 12.8. The molecule has 1 aromatic carbocycles. The second kappa shape index (κ2) is 9.31. The molecule has 3 aromatic rings. The van der Waals surface area contributed by atoms with E-state index < -0.39 is 0 Å². The van der Waals surface area contributed by atoms with Gasteiger partial charge in [0.15, 0.2) is 0 Å². The van der Waals surface area contributed by atoms with Gasteiger partial charge in [0.2, 0.25) is 5.91 Å². The number of ether oxygens (including phenoxy) is 1. The Balaban J connectivity index is 1.36. The summed E-state index contributed by atoms with van der Waals surface area (Å²) in [4.78, 5) is 33.8. The van der Waals surface area contributed by atoms with Gasteiger partial charge in [0.25, 0.3) is 0 Å². The van der Waals surface area contributed by atoms with Crippen molar-refractivity contribution in [2.45, 2.75) is 26.3 Å². The fourth-order valence-corrected chi connectivity index (χ4v) is 4.06. The minimum absolute atomic E-state index is 0.0751. The van der Waals surface area contributed by atoms with E-state index in [1.165, 1.54) is 0 Å². The number of piperazine rings is 1. The summed E-state index contributed by atoms with van der Waals surface area (Å²) in [6, 6.07) is 11.4. The van der Waals surface area contributed by atoms with Gasteiger partial charge in [0, 0.05) is 62.4 Å². The number of aromatic nitrogens is 1. The molecule has 31 heavy (non-hydrogen) atoms. The van der Waals surface area contributed by atoms with Crippen LogP contribution in [-0.2, 0) is 17.8 Å². The lowest BCUT2D eigenvalue weighted by molar-refractivity contribution is -0.133. The van der Waals surface area contributed by atoms with E-state index in [-0.39, 0.29) is 11.5 Å². The molecule has 1 amide bonds. The standard InChI is InChI=1S/C24H27N3O4/c1-17-20-7-6-19(30-2)15-22(20)31-24(29)21(17)8-9-23(28)27-13-11-26(12-14-27)16-18-5-3-4-10-25-18/h3-7,10,15H,8-9,11-14,16H2,1-2H3. The first-order valence-corrected chi connectivity index (χ1v) is 10.6. The minimum atomic E-state index is -0.383. The first-order valence-electron chi connectivity index (χ1n) is 10.6. The molecular weight excluding hydrogens is 394 g/mol. The van der Waals surface area contributed by atoms with E-state index in [0.717, 1.165) is 36.3 Å². The smallest absolute Gasteiger partial charge is 0.339 e. The van der Waals surface area contributed by atoms with E-state index in [0.29, 0.717) is 42.8 Å². The Labute approximate surface area is 181 Å². The fraction of sp³-hybridized carbons (Fsp3) is 0.375. The Morgan fingerprint density at radius 3 is 2.68 bits per heavy atom. The van der Waals surface area contributed by atoms with Crippen molar-refractivity contribution in [2.75, 3.05) is 33.3 Å². The summed E-state index contributed by atoms with van der Waals surface area (Å²) in [7, 11) is 1.57. The van der Waals surface area contributed by atoms with Crippen LogP contribution in [0, 0.1) is 6.92 Å². The van der Waals surface area contributed by atoms with Crippen molar-refractivity contribution < 1.29 is 13.9 Å². The Kier molecular flexibility index (Phi) is 6.32. The van der Waals surface area contributed by atoms with Crippen molar-refractivity contribution in [3.8, 4) is 5.75 Å². The number of amides is 1. The summed E-state index contributed by atoms with van der Waals surface area (Å²) in [5, 5.41) is 0.867. The van der Waals surface area contributed by atoms with Gasteiger partial charge in [0.1, 0.15) is 11.3 Å². The molecule has 1 aliphatic rings. The molecule has 4 rings (SSSR count). The lowest BCUT2D eigenvalue weighted by Gasteiger charge is -2.34. The summed E-state index contributed by atoms with van der Waals surface area (Å²) >= 11 is 0. The highest BCUT2D eigenvalue weighted by Crippen LogP contribution is 2.24. The molecule has 0 aliphatic carbocycles. The van der Waals surface area contributed by atoms with E-state index in [2.05, 4.69) is 9.88 Å². The van der Waals surface area contributed by atoms with Gasteiger partial charge in [-0.3, -0.25) is 14.7 Å². The Morgan fingerprint density at radius 1 is 1.16 bits per heavy atom. The number of benzene rings is 1. The Morgan fingerprint density at radius 2 is 1.97 bits per heavy atom. The SMILES string of the molecule is COc1ccc2c(C)c(CCC(=O)N3CCN(Cc4ccccn4)CC3)c(=O)oc2c1. The quantitative estimate of drug-likeness (QED) is 0.570. The average Bonchev–Trinajstić information content (AvgIpc) is 2.79. The zero-order chi connectivity index (χ0) is 21.8. The Hall–Kier alpha value is -3.19. The lowest BCUT2D eigenvalue weighted by atomic mass is 10.0. The van der Waals surface area contributed by atoms with Crippen molar-refractivity contribution in [2.24, 2.45) is 0 Å². The molecule has 3 heterocycles. The maximum absolute atomic E-state index is 12.8. The first-order chi connectivity index (χ1) is 15.0. The van der Waals surface area contributed by atoms with Gasteiger partial charge in [-0.05, 0) is 43.2 Å². The molecule has 0 spiro atoms. The van der Waals surface area contributed by atoms with Crippen LogP contribution in [0.5, 0.6) is 5.75 Å². The van der Waals surface area contributed by atoms with Crippen LogP contribution in [0.15, 0.2) is 51.8 Å². The number of pyridine rings is 1. The van der Waals surface area contributed by atoms with E-state index >= 15 is 0 Å². The average molecular weight is 421 g/mol. The van der Waals surface area contributed by atoms with Gasteiger partial charge < -0.3 is 14.1 Å². The molecule has 1 fully saturated rings. The van der Waals surface area contributed by atoms with Gasteiger partial charge in [-0.1, -0.05) is 6.07 Å².